The lowest BCUT2D eigenvalue weighted by Gasteiger charge is -2.14. The molecule has 2 aromatic heterocycles. The van der Waals surface area contributed by atoms with Crippen LogP contribution in [0.4, 0.5) is 5.00 Å². The molecule has 0 saturated carbocycles. The zero-order valence-electron chi connectivity index (χ0n) is 16.4. The van der Waals surface area contributed by atoms with E-state index in [1.807, 2.05) is 0 Å². The Morgan fingerprint density at radius 3 is 2.86 bits per heavy atom. The van der Waals surface area contributed by atoms with E-state index in [2.05, 4.69) is 5.32 Å². The first-order valence-corrected chi connectivity index (χ1v) is 10.3. The molecule has 1 amide bonds. The van der Waals surface area contributed by atoms with Gasteiger partial charge in [0.15, 0.2) is 12.4 Å². The van der Waals surface area contributed by atoms with Gasteiger partial charge < -0.3 is 24.5 Å². The number of thiophene rings is 1. The van der Waals surface area contributed by atoms with Crippen molar-refractivity contribution < 1.29 is 24.2 Å². The summed E-state index contributed by atoms with van der Waals surface area (Å²) in [5.41, 5.74) is 1.57. The fraction of sp³-hybridized carbons (Fsp3) is 0.450. The number of rotatable bonds is 8. The van der Waals surface area contributed by atoms with Crippen LogP contribution in [0.1, 0.15) is 39.8 Å². The molecule has 0 bridgehead atoms. The first-order valence-electron chi connectivity index (χ1n) is 9.51. The van der Waals surface area contributed by atoms with Crippen LogP contribution in [-0.4, -0.2) is 41.4 Å². The van der Waals surface area contributed by atoms with Crippen molar-refractivity contribution in [3.05, 3.63) is 44.2 Å². The van der Waals surface area contributed by atoms with Crippen LogP contribution < -0.4 is 15.5 Å². The van der Waals surface area contributed by atoms with Gasteiger partial charge >= 0.3 is 5.97 Å². The zero-order valence-corrected chi connectivity index (χ0v) is 17.3. The number of aliphatic hydroxyl groups excluding tert-OH is 1. The maximum atomic E-state index is 12.4. The van der Waals surface area contributed by atoms with Crippen LogP contribution in [0.5, 0.6) is 5.75 Å². The summed E-state index contributed by atoms with van der Waals surface area (Å²) in [5, 5.41) is 12.3. The van der Waals surface area contributed by atoms with Gasteiger partial charge in [0.2, 0.25) is 5.43 Å². The molecule has 2 aromatic rings. The molecule has 0 aliphatic heterocycles. The molecule has 0 fully saturated rings. The molecule has 2 heterocycles. The summed E-state index contributed by atoms with van der Waals surface area (Å²) in [6, 6.07) is 1.33. The lowest BCUT2D eigenvalue weighted by molar-refractivity contribution is -0.118. The van der Waals surface area contributed by atoms with E-state index in [1.165, 1.54) is 17.4 Å². The predicted octanol–water partition coefficient (Wildman–Crippen LogP) is 1.89. The maximum absolute atomic E-state index is 12.4. The fourth-order valence-corrected chi connectivity index (χ4v) is 4.68. The highest BCUT2D eigenvalue weighted by molar-refractivity contribution is 7.17. The Morgan fingerprint density at radius 1 is 1.34 bits per heavy atom. The van der Waals surface area contributed by atoms with Gasteiger partial charge in [-0.2, -0.15) is 0 Å². The highest BCUT2D eigenvalue weighted by Crippen LogP contribution is 2.39. The molecule has 3 rings (SSSR count). The Labute approximate surface area is 172 Å². The van der Waals surface area contributed by atoms with Gasteiger partial charge in [-0.3, -0.25) is 9.59 Å². The minimum absolute atomic E-state index is 0.0652. The van der Waals surface area contributed by atoms with Gasteiger partial charge in [0.05, 0.1) is 24.5 Å². The Hall–Kier alpha value is -2.65. The summed E-state index contributed by atoms with van der Waals surface area (Å²) in [6.45, 7) is 3.55. The number of fused-ring (bicyclic) bond motifs is 1. The number of aryl methyl sites for hydroxylation is 1. The number of aromatic nitrogens is 1. The number of hydrogen-bond donors (Lipinski definition) is 2. The summed E-state index contributed by atoms with van der Waals surface area (Å²) in [6.07, 6.45) is 4.23. The van der Waals surface area contributed by atoms with Gasteiger partial charge in [-0.1, -0.05) is 0 Å². The third-order valence-electron chi connectivity index (χ3n) is 4.73. The normalized spacial score (nSPS) is 12.5. The Morgan fingerprint density at radius 2 is 2.14 bits per heavy atom. The predicted molar refractivity (Wildman–Crippen MR) is 109 cm³/mol. The van der Waals surface area contributed by atoms with Crippen molar-refractivity contribution in [3.63, 3.8) is 0 Å². The maximum Gasteiger partial charge on any atom is 0.341 e. The van der Waals surface area contributed by atoms with Crippen LogP contribution in [0, 0.1) is 6.92 Å². The monoisotopic (exact) mass is 420 g/mol. The van der Waals surface area contributed by atoms with Crippen molar-refractivity contribution in [3.8, 4) is 5.75 Å². The van der Waals surface area contributed by atoms with E-state index >= 15 is 0 Å². The molecule has 0 atom stereocenters. The standard InChI is InChI=1S/C20H24N2O6S/c1-3-27-20(26)17-13-5-4-6-15(13)29-19(17)21-16(25)11-28-18-12(2)22(9-10-23)8-7-14(18)24/h7-8,23H,3-6,9-11H2,1-2H3,(H,21,25). The number of nitrogens with one attached hydrogen (secondary N) is 1. The number of esters is 1. The largest absolute Gasteiger partial charge is 0.478 e. The smallest absolute Gasteiger partial charge is 0.341 e. The molecule has 0 saturated heterocycles. The first kappa shape index (κ1) is 21.1. The second kappa shape index (κ2) is 9.23. The number of amides is 1. The molecule has 1 aliphatic carbocycles. The molecule has 2 N–H and O–H groups in total. The molecule has 0 unspecified atom stereocenters. The number of carbonyl (C=O) groups is 2. The van der Waals surface area contributed by atoms with E-state index < -0.39 is 11.9 Å². The summed E-state index contributed by atoms with van der Waals surface area (Å²) >= 11 is 1.39. The van der Waals surface area contributed by atoms with Crippen LogP contribution in [-0.2, 0) is 28.9 Å². The van der Waals surface area contributed by atoms with Crippen molar-refractivity contribution in [2.75, 3.05) is 25.1 Å². The van der Waals surface area contributed by atoms with Crippen LogP contribution in [0.2, 0.25) is 0 Å². The van der Waals surface area contributed by atoms with E-state index in [4.69, 9.17) is 14.6 Å². The fourth-order valence-electron chi connectivity index (χ4n) is 3.39. The van der Waals surface area contributed by atoms with Crippen LogP contribution in [0.25, 0.3) is 0 Å². The average molecular weight is 420 g/mol. The molecule has 0 spiro atoms. The highest BCUT2D eigenvalue weighted by atomic mass is 32.1. The van der Waals surface area contributed by atoms with Crippen molar-refractivity contribution >= 4 is 28.2 Å². The molecule has 0 radical (unpaired) electrons. The third kappa shape index (κ3) is 4.51. The first-order chi connectivity index (χ1) is 14.0. The van der Waals surface area contributed by atoms with Crippen LogP contribution in [0.15, 0.2) is 17.1 Å². The minimum Gasteiger partial charge on any atom is -0.478 e. The molecule has 1 aliphatic rings. The Bertz CT molecular complexity index is 978. The van der Waals surface area contributed by atoms with E-state index in [0.29, 0.717) is 22.8 Å². The third-order valence-corrected chi connectivity index (χ3v) is 5.94. The van der Waals surface area contributed by atoms with E-state index in [1.54, 1.807) is 24.6 Å². The van der Waals surface area contributed by atoms with Crippen molar-refractivity contribution in [2.24, 2.45) is 0 Å². The Balaban J connectivity index is 1.74. The Kier molecular flexibility index (Phi) is 6.71. The zero-order chi connectivity index (χ0) is 21.0. The number of pyridine rings is 1. The number of aliphatic hydroxyl groups is 1. The summed E-state index contributed by atoms with van der Waals surface area (Å²) in [5.74, 6) is -0.837. The van der Waals surface area contributed by atoms with Gasteiger partial charge in [0.1, 0.15) is 5.00 Å². The van der Waals surface area contributed by atoms with E-state index in [0.717, 1.165) is 29.7 Å². The summed E-state index contributed by atoms with van der Waals surface area (Å²) < 4.78 is 12.3. The van der Waals surface area contributed by atoms with Gasteiger partial charge in [-0.05, 0) is 38.7 Å². The van der Waals surface area contributed by atoms with Crippen LogP contribution >= 0.6 is 11.3 Å². The number of ether oxygens (including phenoxy) is 2. The van der Waals surface area contributed by atoms with E-state index in [-0.39, 0.29) is 31.0 Å². The quantitative estimate of drug-likeness (QED) is 0.632. The second-order valence-corrected chi connectivity index (χ2v) is 7.74. The SMILES string of the molecule is CCOC(=O)c1c(NC(=O)COc2c(C)n(CCO)ccc2=O)sc2c1CCC2. The summed E-state index contributed by atoms with van der Waals surface area (Å²) in [7, 11) is 0. The van der Waals surface area contributed by atoms with Crippen LogP contribution in [0.3, 0.4) is 0 Å². The minimum atomic E-state index is -0.466. The highest BCUT2D eigenvalue weighted by Gasteiger charge is 2.28. The second-order valence-electron chi connectivity index (χ2n) is 6.63. The molecule has 8 nitrogen and oxygen atoms in total. The molecule has 29 heavy (non-hydrogen) atoms. The van der Waals surface area contributed by atoms with Crippen molar-refractivity contribution in [1.29, 1.82) is 0 Å². The molecule has 156 valence electrons. The molecular formula is C20H24N2O6S. The van der Waals surface area contributed by atoms with E-state index in [9.17, 15) is 14.4 Å². The molecular weight excluding hydrogens is 396 g/mol. The van der Waals surface area contributed by atoms with Crippen molar-refractivity contribution in [1.82, 2.24) is 4.57 Å². The number of nitrogens with zero attached hydrogens (tertiary/aromatic N) is 1. The average Bonchev–Trinajstić information content (AvgIpc) is 3.24. The van der Waals surface area contributed by atoms with Crippen molar-refractivity contribution in [2.45, 2.75) is 39.7 Å². The van der Waals surface area contributed by atoms with Gasteiger partial charge in [0.25, 0.3) is 5.91 Å². The number of hydrogen-bond acceptors (Lipinski definition) is 7. The number of anilines is 1. The molecule has 0 aromatic carbocycles. The van der Waals surface area contributed by atoms with Gasteiger partial charge in [-0.15, -0.1) is 11.3 Å². The lowest BCUT2D eigenvalue weighted by atomic mass is 10.1. The van der Waals surface area contributed by atoms with Gasteiger partial charge in [-0.25, -0.2) is 4.79 Å². The molecule has 9 heteroatoms. The lowest BCUT2D eigenvalue weighted by Crippen LogP contribution is -2.24. The topological polar surface area (TPSA) is 107 Å². The summed E-state index contributed by atoms with van der Waals surface area (Å²) in [4.78, 5) is 38.0. The van der Waals surface area contributed by atoms with Gasteiger partial charge in [0, 0.05) is 23.7 Å². The number of carbonyl (C=O) groups excluding carboxylic acids is 2.